The van der Waals surface area contributed by atoms with E-state index in [0.717, 1.165) is 0 Å². The van der Waals surface area contributed by atoms with Gasteiger partial charge in [0, 0.05) is 6.07 Å². The number of hydrogen-bond donors (Lipinski definition) is 2. The van der Waals surface area contributed by atoms with Crippen molar-refractivity contribution >= 4 is 5.82 Å². The Labute approximate surface area is 74.2 Å². The average Bonchev–Trinajstić information content (AvgIpc) is 2.52. The molecule has 0 amide bonds. The van der Waals surface area contributed by atoms with Crippen LogP contribution in [0.4, 0.5) is 5.82 Å². The Hall–Kier alpha value is -1.40. The van der Waals surface area contributed by atoms with E-state index >= 15 is 0 Å². The molecule has 1 atom stereocenters. The van der Waals surface area contributed by atoms with Crippen LogP contribution in [0.25, 0.3) is 0 Å². The van der Waals surface area contributed by atoms with Crippen molar-refractivity contribution in [1.29, 1.82) is 0 Å². The highest BCUT2D eigenvalue weighted by molar-refractivity contribution is 5.21. The van der Waals surface area contributed by atoms with Gasteiger partial charge in [0.2, 0.25) is 0 Å². The van der Waals surface area contributed by atoms with Crippen molar-refractivity contribution in [3.8, 4) is 0 Å². The second kappa shape index (κ2) is 4.01. The molecule has 1 aromatic heterocycles. The lowest BCUT2D eigenvalue weighted by molar-refractivity contribution is -0.392. The van der Waals surface area contributed by atoms with Gasteiger partial charge in [-0.25, -0.2) is 4.57 Å². The van der Waals surface area contributed by atoms with Gasteiger partial charge in [-0.3, -0.25) is 0 Å². The van der Waals surface area contributed by atoms with E-state index < -0.39 is 17.6 Å². The molecule has 0 bridgehead atoms. The van der Waals surface area contributed by atoms with Gasteiger partial charge >= 0.3 is 5.82 Å². The number of hydrogen-bond acceptors (Lipinski definition) is 4. The Morgan fingerprint density at radius 1 is 1.69 bits per heavy atom. The van der Waals surface area contributed by atoms with Crippen LogP contribution >= 0.6 is 0 Å². The van der Waals surface area contributed by atoms with Crippen molar-refractivity contribution in [3.63, 3.8) is 0 Å². The molecule has 2 N–H and O–H groups in total. The summed E-state index contributed by atoms with van der Waals surface area (Å²) in [5, 5.41) is 28.0. The van der Waals surface area contributed by atoms with Crippen molar-refractivity contribution in [1.82, 2.24) is 4.57 Å². The van der Waals surface area contributed by atoms with Gasteiger partial charge in [-0.05, 0) is 11.0 Å². The molecule has 13 heavy (non-hydrogen) atoms. The lowest BCUT2D eigenvalue weighted by Crippen LogP contribution is -2.20. The van der Waals surface area contributed by atoms with Crippen LogP contribution in [0.3, 0.4) is 0 Å². The maximum Gasteiger partial charge on any atom is 0.323 e. The number of aliphatic hydroxyl groups excluding tert-OH is 2. The van der Waals surface area contributed by atoms with Crippen LogP contribution in [-0.4, -0.2) is 32.4 Å². The van der Waals surface area contributed by atoms with Crippen LogP contribution in [0.2, 0.25) is 0 Å². The van der Waals surface area contributed by atoms with Crippen molar-refractivity contribution in [2.45, 2.75) is 12.6 Å². The zero-order valence-corrected chi connectivity index (χ0v) is 6.83. The van der Waals surface area contributed by atoms with E-state index in [0.29, 0.717) is 0 Å². The van der Waals surface area contributed by atoms with Crippen LogP contribution in [0.15, 0.2) is 18.3 Å². The van der Waals surface area contributed by atoms with Gasteiger partial charge < -0.3 is 20.3 Å². The highest BCUT2D eigenvalue weighted by atomic mass is 16.6. The number of nitro groups is 1. The predicted molar refractivity (Wildman–Crippen MR) is 44.2 cm³/mol. The van der Waals surface area contributed by atoms with Crippen LogP contribution in [0.1, 0.15) is 0 Å². The molecule has 0 fully saturated rings. The molecular formula is C7H10N2O4. The first kappa shape index (κ1) is 9.69. The third kappa shape index (κ3) is 2.27. The molecule has 0 saturated heterocycles. The van der Waals surface area contributed by atoms with Crippen LogP contribution in [-0.2, 0) is 6.54 Å². The molecular weight excluding hydrogens is 176 g/mol. The third-order valence-corrected chi connectivity index (χ3v) is 1.61. The summed E-state index contributed by atoms with van der Waals surface area (Å²) in [6, 6.07) is 2.85. The summed E-state index contributed by atoms with van der Waals surface area (Å²) in [6.07, 6.45) is 0.517. The van der Waals surface area contributed by atoms with E-state index in [2.05, 4.69) is 0 Å². The first-order valence-corrected chi connectivity index (χ1v) is 3.73. The molecule has 0 saturated carbocycles. The monoisotopic (exact) mass is 186 g/mol. The van der Waals surface area contributed by atoms with Crippen molar-refractivity contribution in [2.24, 2.45) is 0 Å². The quantitative estimate of drug-likeness (QED) is 0.501. The SMILES string of the molecule is O=[N+]([O-])c1cccn1CC(O)CO. The molecule has 0 radical (unpaired) electrons. The molecule has 6 heteroatoms. The Balaban J connectivity index is 2.76. The van der Waals surface area contributed by atoms with Crippen LogP contribution in [0, 0.1) is 10.1 Å². The molecule has 0 aliphatic rings. The molecule has 1 heterocycles. The van der Waals surface area contributed by atoms with E-state index in [-0.39, 0.29) is 12.4 Å². The molecule has 6 nitrogen and oxygen atoms in total. The third-order valence-electron chi connectivity index (χ3n) is 1.61. The second-order valence-electron chi connectivity index (χ2n) is 2.61. The molecule has 1 rings (SSSR count). The first-order valence-electron chi connectivity index (χ1n) is 3.73. The van der Waals surface area contributed by atoms with E-state index in [4.69, 9.17) is 10.2 Å². The first-order chi connectivity index (χ1) is 6.15. The van der Waals surface area contributed by atoms with Gasteiger partial charge in [-0.2, -0.15) is 0 Å². The summed E-state index contributed by atoms with van der Waals surface area (Å²) >= 11 is 0. The van der Waals surface area contributed by atoms with Gasteiger partial charge in [0.05, 0.1) is 12.8 Å². The van der Waals surface area contributed by atoms with Crippen LogP contribution < -0.4 is 0 Å². The lowest BCUT2D eigenvalue weighted by atomic mass is 10.4. The molecule has 0 aliphatic carbocycles. The van der Waals surface area contributed by atoms with Gasteiger partial charge in [0.15, 0.2) is 0 Å². The zero-order valence-electron chi connectivity index (χ0n) is 6.83. The van der Waals surface area contributed by atoms with E-state index in [1.165, 1.54) is 22.9 Å². The van der Waals surface area contributed by atoms with Crippen molar-refractivity contribution < 1.29 is 15.1 Å². The standard InChI is InChI=1S/C7H10N2O4/c10-5-6(11)4-8-3-1-2-7(8)9(12)13/h1-3,6,10-11H,4-5H2. The molecule has 72 valence electrons. The highest BCUT2D eigenvalue weighted by Gasteiger charge is 2.14. The van der Waals surface area contributed by atoms with Crippen molar-refractivity contribution in [2.75, 3.05) is 6.61 Å². The van der Waals surface area contributed by atoms with Gasteiger partial charge in [-0.15, -0.1) is 0 Å². The molecule has 0 aromatic carbocycles. The summed E-state index contributed by atoms with van der Waals surface area (Å²) in [7, 11) is 0. The van der Waals surface area contributed by atoms with E-state index in [1.54, 1.807) is 0 Å². The Bertz CT molecular complexity index is 296. The van der Waals surface area contributed by atoms with E-state index in [1.807, 2.05) is 0 Å². The Morgan fingerprint density at radius 3 is 2.92 bits per heavy atom. The largest absolute Gasteiger partial charge is 0.394 e. The zero-order chi connectivity index (χ0) is 9.84. The fraction of sp³-hybridized carbons (Fsp3) is 0.429. The number of aromatic nitrogens is 1. The van der Waals surface area contributed by atoms with Gasteiger partial charge in [0.1, 0.15) is 12.6 Å². The minimum Gasteiger partial charge on any atom is -0.394 e. The van der Waals surface area contributed by atoms with Crippen molar-refractivity contribution in [3.05, 3.63) is 28.4 Å². The maximum absolute atomic E-state index is 10.4. The molecule has 1 aromatic rings. The summed E-state index contributed by atoms with van der Waals surface area (Å²) in [6.45, 7) is -0.380. The van der Waals surface area contributed by atoms with Gasteiger partial charge in [-0.1, -0.05) is 0 Å². The number of nitrogens with zero attached hydrogens (tertiary/aromatic N) is 2. The Kier molecular flexibility index (Phi) is 2.99. The summed E-state index contributed by atoms with van der Waals surface area (Å²) in [5.41, 5.74) is 0. The number of rotatable bonds is 4. The van der Waals surface area contributed by atoms with Gasteiger partial charge in [0.25, 0.3) is 0 Å². The fourth-order valence-electron chi connectivity index (χ4n) is 1.01. The lowest BCUT2D eigenvalue weighted by Gasteiger charge is -2.05. The summed E-state index contributed by atoms with van der Waals surface area (Å²) in [5.74, 6) is -0.0903. The minimum absolute atomic E-state index is 0.0276. The highest BCUT2D eigenvalue weighted by Crippen LogP contribution is 2.12. The maximum atomic E-state index is 10.4. The molecule has 0 spiro atoms. The second-order valence-corrected chi connectivity index (χ2v) is 2.61. The average molecular weight is 186 g/mol. The fourth-order valence-corrected chi connectivity index (χ4v) is 1.01. The normalized spacial score (nSPS) is 12.8. The smallest absolute Gasteiger partial charge is 0.323 e. The molecule has 1 unspecified atom stereocenters. The van der Waals surface area contributed by atoms with Crippen LogP contribution in [0.5, 0.6) is 0 Å². The number of aliphatic hydroxyl groups is 2. The predicted octanol–water partition coefficient (Wildman–Crippen LogP) is -0.251. The molecule has 0 aliphatic heterocycles. The summed E-state index contributed by atoms with van der Waals surface area (Å²) in [4.78, 5) is 9.86. The minimum atomic E-state index is -0.967. The van der Waals surface area contributed by atoms with E-state index in [9.17, 15) is 10.1 Å². The topological polar surface area (TPSA) is 88.5 Å². The summed E-state index contributed by atoms with van der Waals surface area (Å²) < 4.78 is 1.28. The Morgan fingerprint density at radius 2 is 2.38 bits per heavy atom.